The van der Waals surface area contributed by atoms with Gasteiger partial charge in [0.2, 0.25) is 0 Å². The van der Waals surface area contributed by atoms with E-state index in [1.165, 1.54) is 6.26 Å². The van der Waals surface area contributed by atoms with E-state index in [1.807, 2.05) is 13.8 Å². The van der Waals surface area contributed by atoms with Crippen LogP contribution in [0.4, 0.5) is 0 Å². The Bertz CT molecular complexity index is 623. The molecule has 1 aliphatic rings. The van der Waals surface area contributed by atoms with Gasteiger partial charge in [-0.25, -0.2) is 4.79 Å². The van der Waals surface area contributed by atoms with Crippen molar-refractivity contribution in [2.75, 3.05) is 13.2 Å². The van der Waals surface area contributed by atoms with E-state index in [-0.39, 0.29) is 12.5 Å². The first-order valence-electron chi connectivity index (χ1n) is 7.41. The average molecular weight is 303 g/mol. The van der Waals surface area contributed by atoms with Gasteiger partial charge in [-0.2, -0.15) is 0 Å². The van der Waals surface area contributed by atoms with E-state index in [0.29, 0.717) is 35.1 Å². The monoisotopic (exact) mass is 303 g/mol. The molecule has 0 unspecified atom stereocenters. The molecule has 1 aromatic rings. The average Bonchev–Trinajstić information content (AvgIpc) is 3.02. The first-order chi connectivity index (χ1) is 10.5. The molecule has 1 aromatic heterocycles. The summed E-state index contributed by atoms with van der Waals surface area (Å²) in [5.41, 5.74) is 1.28. The second kappa shape index (κ2) is 6.64. The molecule has 0 aliphatic carbocycles. The molecule has 2 heterocycles. The maximum atomic E-state index is 12.7. The molecular weight excluding hydrogens is 282 g/mol. The van der Waals surface area contributed by atoms with Crippen LogP contribution >= 0.6 is 0 Å². The fraction of sp³-hybridized carbons (Fsp3) is 0.412. The second-order valence-corrected chi connectivity index (χ2v) is 5.56. The number of hydrogen-bond acceptors (Lipinski definition) is 4. The normalized spacial score (nSPS) is 17.0. The molecule has 5 nitrogen and oxygen atoms in total. The molecule has 0 spiro atoms. The van der Waals surface area contributed by atoms with Gasteiger partial charge in [-0.1, -0.05) is 13.8 Å². The van der Waals surface area contributed by atoms with Gasteiger partial charge in [0.25, 0.3) is 5.91 Å². The molecule has 1 aliphatic heterocycles. The van der Waals surface area contributed by atoms with E-state index < -0.39 is 5.97 Å². The number of carbonyl (C=O) groups excluding carboxylic acids is 2. The highest BCUT2D eigenvalue weighted by molar-refractivity contribution is 6.16. The molecule has 0 radical (unpaired) electrons. The summed E-state index contributed by atoms with van der Waals surface area (Å²) >= 11 is 0. The molecule has 1 amide bonds. The van der Waals surface area contributed by atoms with Crippen LogP contribution in [0.1, 0.15) is 33.5 Å². The Morgan fingerprint density at radius 3 is 2.73 bits per heavy atom. The molecule has 5 heteroatoms. The van der Waals surface area contributed by atoms with Crippen molar-refractivity contribution >= 4 is 18.0 Å². The van der Waals surface area contributed by atoms with Gasteiger partial charge in [-0.05, 0) is 38.0 Å². The van der Waals surface area contributed by atoms with Crippen molar-refractivity contribution in [3.05, 3.63) is 41.0 Å². The van der Waals surface area contributed by atoms with Gasteiger partial charge in [-0.3, -0.25) is 4.79 Å². The Balaban J connectivity index is 2.46. The number of carbonyl (C=O) groups is 2. The molecule has 0 saturated carbocycles. The molecule has 0 fully saturated rings. The molecule has 0 bridgehead atoms. The standard InChI is InChI=1S/C17H21NO4/c1-5-21-17(20)15-12(4)18(10-11(2)3)16(19)14(15)9-13-7-6-8-22-13/h6-9,11H,5,10H2,1-4H3/b14-9-. The molecule has 0 aromatic carbocycles. The third-order valence-electron chi connectivity index (χ3n) is 3.37. The highest BCUT2D eigenvalue weighted by Crippen LogP contribution is 2.32. The van der Waals surface area contributed by atoms with Crippen molar-refractivity contribution < 1.29 is 18.7 Å². The number of esters is 1. The highest BCUT2D eigenvalue weighted by atomic mass is 16.5. The van der Waals surface area contributed by atoms with Crippen LogP contribution in [-0.2, 0) is 14.3 Å². The number of allylic oxidation sites excluding steroid dienone is 1. The predicted octanol–water partition coefficient (Wildman–Crippen LogP) is 3.00. The smallest absolute Gasteiger partial charge is 0.340 e. The largest absolute Gasteiger partial charge is 0.465 e. The number of nitrogens with zero attached hydrogens (tertiary/aromatic N) is 1. The lowest BCUT2D eigenvalue weighted by Crippen LogP contribution is -2.28. The van der Waals surface area contributed by atoms with Gasteiger partial charge in [0.15, 0.2) is 0 Å². The van der Waals surface area contributed by atoms with E-state index in [9.17, 15) is 9.59 Å². The van der Waals surface area contributed by atoms with Gasteiger partial charge in [-0.15, -0.1) is 0 Å². The quantitative estimate of drug-likeness (QED) is 0.620. The van der Waals surface area contributed by atoms with Gasteiger partial charge >= 0.3 is 5.97 Å². The number of furan rings is 1. The number of hydrogen-bond donors (Lipinski definition) is 0. The molecule has 118 valence electrons. The zero-order chi connectivity index (χ0) is 16.3. The van der Waals surface area contributed by atoms with Crippen molar-refractivity contribution in [1.29, 1.82) is 0 Å². The van der Waals surface area contributed by atoms with Crippen LogP contribution in [0.15, 0.2) is 39.7 Å². The SMILES string of the molecule is CCOC(=O)C1=C(C)N(CC(C)C)C(=O)/C1=C\c1ccco1. The second-order valence-electron chi connectivity index (χ2n) is 5.56. The van der Waals surface area contributed by atoms with Crippen LogP contribution in [0, 0.1) is 5.92 Å². The lowest BCUT2D eigenvalue weighted by Gasteiger charge is -2.19. The van der Waals surface area contributed by atoms with Crippen molar-refractivity contribution in [3.63, 3.8) is 0 Å². The Hall–Kier alpha value is -2.30. The van der Waals surface area contributed by atoms with Gasteiger partial charge in [0.1, 0.15) is 5.76 Å². The molecule has 0 atom stereocenters. The lowest BCUT2D eigenvalue weighted by molar-refractivity contribution is -0.138. The summed E-state index contributed by atoms with van der Waals surface area (Å²) in [6.07, 6.45) is 3.12. The van der Waals surface area contributed by atoms with E-state index >= 15 is 0 Å². The van der Waals surface area contributed by atoms with Crippen LogP contribution in [0.5, 0.6) is 0 Å². The van der Waals surface area contributed by atoms with E-state index in [2.05, 4.69) is 0 Å². The van der Waals surface area contributed by atoms with E-state index in [0.717, 1.165) is 0 Å². The molecule has 22 heavy (non-hydrogen) atoms. The number of amides is 1. The lowest BCUT2D eigenvalue weighted by atomic mass is 10.1. The maximum Gasteiger partial charge on any atom is 0.340 e. The number of rotatable bonds is 5. The van der Waals surface area contributed by atoms with Crippen molar-refractivity contribution in [2.45, 2.75) is 27.7 Å². The summed E-state index contributed by atoms with van der Waals surface area (Å²) in [4.78, 5) is 26.5. The third kappa shape index (κ3) is 3.13. The van der Waals surface area contributed by atoms with Crippen molar-refractivity contribution in [1.82, 2.24) is 4.90 Å². The molecule has 0 saturated heterocycles. The Morgan fingerprint density at radius 1 is 1.45 bits per heavy atom. The molecule has 0 N–H and O–H groups in total. The van der Waals surface area contributed by atoms with Crippen LogP contribution in [0.3, 0.4) is 0 Å². The minimum atomic E-state index is -0.475. The first-order valence-corrected chi connectivity index (χ1v) is 7.41. The summed E-state index contributed by atoms with van der Waals surface area (Å²) in [6, 6.07) is 3.47. The number of ether oxygens (including phenoxy) is 1. The van der Waals surface area contributed by atoms with Gasteiger partial charge in [0, 0.05) is 12.2 Å². The predicted molar refractivity (Wildman–Crippen MR) is 82.6 cm³/mol. The molecular formula is C17H21NO4. The minimum Gasteiger partial charge on any atom is -0.465 e. The zero-order valence-corrected chi connectivity index (χ0v) is 13.4. The summed E-state index contributed by atoms with van der Waals surface area (Å²) in [7, 11) is 0. The first kappa shape index (κ1) is 16.1. The fourth-order valence-corrected chi connectivity index (χ4v) is 2.43. The van der Waals surface area contributed by atoms with Crippen molar-refractivity contribution in [2.24, 2.45) is 5.92 Å². The van der Waals surface area contributed by atoms with Crippen LogP contribution < -0.4 is 0 Å². The van der Waals surface area contributed by atoms with Crippen LogP contribution in [0.25, 0.3) is 6.08 Å². The summed E-state index contributed by atoms with van der Waals surface area (Å²) in [5.74, 6) is 0.165. The van der Waals surface area contributed by atoms with Crippen molar-refractivity contribution in [3.8, 4) is 0 Å². The van der Waals surface area contributed by atoms with Gasteiger partial charge in [0.05, 0.1) is 24.0 Å². The maximum absolute atomic E-state index is 12.7. The third-order valence-corrected chi connectivity index (χ3v) is 3.37. The summed E-state index contributed by atoms with van der Waals surface area (Å²) in [5, 5.41) is 0. The highest BCUT2D eigenvalue weighted by Gasteiger charge is 2.37. The molecule has 2 rings (SSSR count). The van der Waals surface area contributed by atoms with Gasteiger partial charge < -0.3 is 14.1 Å². The van der Waals surface area contributed by atoms with Crippen LogP contribution in [0.2, 0.25) is 0 Å². The fourth-order valence-electron chi connectivity index (χ4n) is 2.43. The van der Waals surface area contributed by atoms with Crippen LogP contribution in [-0.4, -0.2) is 29.9 Å². The Kier molecular flexibility index (Phi) is 4.85. The topological polar surface area (TPSA) is 59.8 Å². The Labute approximate surface area is 130 Å². The summed E-state index contributed by atoms with van der Waals surface area (Å²) < 4.78 is 10.4. The Morgan fingerprint density at radius 2 is 2.18 bits per heavy atom. The summed E-state index contributed by atoms with van der Waals surface area (Å²) in [6.45, 7) is 8.39. The van der Waals surface area contributed by atoms with E-state index in [4.69, 9.17) is 9.15 Å². The minimum absolute atomic E-state index is 0.189. The zero-order valence-electron chi connectivity index (χ0n) is 13.4. The van der Waals surface area contributed by atoms with E-state index in [1.54, 1.807) is 37.0 Å².